The zero-order valence-corrected chi connectivity index (χ0v) is 7.37. The zero-order valence-electron chi connectivity index (χ0n) is 7.37. The van der Waals surface area contributed by atoms with Gasteiger partial charge in [-0.25, -0.2) is 0 Å². The van der Waals surface area contributed by atoms with E-state index in [-0.39, 0.29) is 5.75 Å². The van der Waals surface area contributed by atoms with Crippen molar-refractivity contribution < 1.29 is 5.11 Å². The molecule has 0 spiro atoms. The molecule has 0 saturated carbocycles. The Hall–Kier alpha value is -1.55. The predicted octanol–water partition coefficient (Wildman–Crippen LogP) is 0.313. The lowest BCUT2D eigenvalue weighted by atomic mass is 10.2. The van der Waals surface area contributed by atoms with Crippen LogP contribution < -0.4 is 10.9 Å². The number of aromatic amines is 1. The standard InChI is InChI=1S/C9H12N2O2/c1-10-4-2-3-7-5-8(12)9(13)11-6-7/h2-3,5-6,10,12H,4H2,1H3,(H,11,13). The monoisotopic (exact) mass is 180 g/mol. The smallest absolute Gasteiger partial charge is 0.290 e. The van der Waals surface area contributed by atoms with Gasteiger partial charge in [-0.2, -0.15) is 0 Å². The van der Waals surface area contributed by atoms with Gasteiger partial charge in [-0.15, -0.1) is 0 Å². The minimum absolute atomic E-state index is 0.258. The summed E-state index contributed by atoms with van der Waals surface area (Å²) in [5.41, 5.74) is 0.304. The molecular formula is C9H12N2O2. The minimum atomic E-state index is -0.467. The van der Waals surface area contributed by atoms with Gasteiger partial charge in [-0.1, -0.05) is 12.2 Å². The molecule has 0 amide bonds. The van der Waals surface area contributed by atoms with Crippen LogP contribution in [0, 0.1) is 0 Å². The van der Waals surface area contributed by atoms with E-state index in [0.29, 0.717) is 0 Å². The summed E-state index contributed by atoms with van der Waals surface area (Å²) in [4.78, 5) is 13.2. The van der Waals surface area contributed by atoms with Crippen molar-refractivity contribution in [2.75, 3.05) is 13.6 Å². The van der Waals surface area contributed by atoms with E-state index in [1.165, 1.54) is 6.07 Å². The number of H-pyrrole nitrogens is 1. The molecular weight excluding hydrogens is 168 g/mol. The molecule has 0 aliphatic heterocycles. The van der Waals surface area contributed by atoms with Crippen LogP contribution in [0.4, 0.5) is 0 Å². The molecule has 0 aliphatic rings. The van der Waals surface area contributed by atoms with Crippen molar-refractivity contribution in [2.24, 2.45) is 0 Å². The first-order valence-corrected chi connectivity index (χ1v) is 3.97. The lowest BCUT2D eigenvalue weighted by molar-refractivity contribution is 0.466. The molecule has 1 rings (SSSR count). The molecule has 0 aromatic carbocycles. The maximum Gasteiger partial charge on any atom is 0.290 e. The van der Waals surface area contributed by atoms with Gasteiger partial charge in [0.2, 0.25) is 0 Å². The molecule has 0 unspecified atom stereocenters. The highest BCUT2D eigenvalue weighted by atomic mass is 16.3. The van der Waals surface area contributed by atoms with Gasteiger partial charge in [-0.05, 0) is 18.7 Å². The van der Waals surface area contributed by atoms with Crippen molar-refractivity contribution in [1.29, 1.82) is 0 Å². The topological polar surface area (TPSA) is 65.1 Å². The van der Waals surface area contributed by atoms with Crippen LogP contribution in [0.15, 0.2) is 23.1 Å². The summed E-state index contributed by atoms with van der Waals surface area (Å²) in [6.07, 6.45) is 5.26. The summed E-state index contributed by atoms with van der Waals surface area (Å²) >= 11 is 0. The first-order chi connectivity index (χ1) is 6.24. The average Bonchev–Trinajstić information content (AvgIpc) is 2.12. The summed E-state index contributed by atoms with van der Waals surface area (Å²) < 4.78 is 0. The Morgan fingerprint density at radius 2 is 2.46 bits per heavy atom. The van der Waals surface area contributed by atoms with Crippen molar-refractivity contribution in [3.05, 3.63) is 34.3 Å². The van der Waals surface area contributed by atoms with E-state index in [1.807, 2.05) is 19.2 Å². The summed E-state index contributed by atoms with van der Waals surface area (Å²) in [5.74, 6) is -0.258. The third kappa shape index (κ3) is 2.76. The normalized spacial score (nSPS) is 10.8. The average molecular weight is 180 g/mol. The molecule has 0 atom stereocenters. The van der Waals surface area contributed by atoms with Crippen LogP contribution in [-0.4, -0.2) is 23.7 Å². The van der Waals surface area contributed by atoms with E-state index < -0.39 is 5.56 Å². The maximum atomic E-state index is 10.8. The molecule has 70 valence electrons. The number of pyridine rings is 1. The molecule has 0 radical (unpaired) electrons. The van der Waals surface area contributed by atoms with Gasteiger partial charge in [0.05, 0.1) is 0 Å². The van der Waals surface area contributed by atoms with Crippen LogP contribution in [0.2, 0.25) is 0 Å². The second-order valence-corrected chi connectivity index (χ2v) is 2.61. The Balaban J connectivity index is 2.79. The van der Waals surface area contributed by atoms with E-state index in [4.69, 9.17) is 5.11 Å². The molecule has 0 aliphatic carbocycles. The van der Waals surface area contributed by atoms with Crippen LogP contribution in [0.1, 0.15) is 5.56 Å². The maximum absolute atomic E-state index is 10.8. The second kappa shape index (κ2) is 4.47. The van der Waals surface area contributed by atoms with Gasteiger partial charge in [0, 0.05) is 12.7 Å². The Labute approximate surface area is 75.9 Å². The van der Waals surface area contributed by atoms with Crippen LogP contribution in [0.3, 0.4) is 0 Å². The summed E-state index contributed by atoms with van der Waals surface area (Å²) in [6.45, 7) is 0.750. The zero-order chi connectivity index (χ0) is 9.68. The highest BCUT2D eigenvalue weighted by molar-refractivity contribution is 5.49. The van der Waals surface area contributed by atoms with Crippen molar-refractivity contribution in [3.63, 3.8) is 0 Å². The second-order valence-electron chi connectivity index (χ2n) is 2.61. The van der Waals surface area contributed by atoms with E-state index in [2.05, 4.69) is 10.3 Å². The van der Waals surface area contributed by atoms with Gasteiger partial charge in [0.1, 0.15) is 0 Å². The van der Waals surface area contributed by atoms with E-state index >= 15 is 0 Å². The molecule has 13 heavy (non-hydrogen) atoms. The van der Waals surface area contributed by atoms with Gasteiger partial charge >= 0.3 is 0 Å². The fourth-order valence-electron chi connectivity index (χ4n) is 0.897. The fraction of sp³-hybridized carbons (Fsp3) is 0.222. The Kier molecular flexibility index (Phi) is 3.28. The van der Waals surface area contributed by atoms with Crippen LogP contribution >= 0.6 is 0 Å². The van der Waals surface area contributed by atoms with Gasteiger partial charge in [-0.3, -0.25) is 4.79 Å². The molecule has 1 aromatic heterocycles. The number of likely N-dealkylation sites (N-methyl/N-ethyl adjacent to an activating group) is 1. The number of hydrogen-bond acceptors (Lipinski definition) is 3. The molecule has 1 aromatic rings. The van der Waals surface area contributed by atoms with Gasteiger partial charge < -0.3 is 15.4 Å². The summed E-state index contributed by atoms with van der Waals surface area (Å²) in [7, 11) is 1.84. The molecule has 0 bridgehead atoms. The Morgan fingerprint density at radius 1 is 1.69 bits per heavy atom. The van der Waals surface area contributed by atoms with Crippen molar-refractivity contribution in [3.8, 4) is 5.75 Å². The van der Waals surface area contributed by atoms with E-state index in [0.717, 1.165) is 12.1 Å². The van der Waals surface area contributed by atoms with E-state index in [9.17, 15) is 4.79 Å². The van der Waals surface area contributed by atoms with Gasteiger partial charge in [0.25, 0.3) is 5.56 Å². The lowest BCUT2D eigenvalue weighted by Gasteiger charge is -1.94. The summed E-state index contributed by atoms with van der Waals surface area (Å²) in [5, 5.41) is 12.0. The molecule has 4 heteroatoms. The Bertz CT molecular complexity index is 355. The molecule has 1 heterocycles. The number of aromatic hydroxyl groups is 1. The largest absolute Gasteiger partial charge is 0.503 e. The molecule has 3 N–H and O–H groups in total. The number of hydrogen-bond donors (Lipinski definition) is 3. The lowest BCUT2D eigenvalue weighted by Crippen LogP contribution is -2.05. The summed E-state index contributed by atoms with van der Waals surface area (Å²) in [6, 6.07) is 1.42. The van der Waals surface area contributed by atoms with Gasteiger partial charge in [0.15, 0.2) is 5.75 Å². The number of aromatic nitrogens is 1. The number of rotatable bonds is 3. The minimum Gasteiger partial charge on any atom is -0.503 e. The first-order valence-electron chi connectivity index (χ1n) is 3.97. The first kappa shape index (κ1) is 9.54. The van der Waals surface area contributed by atoms with Crippen LogP contribution in [0.5, 0.6) is 5.75 Å². The Morgan fingerprint density at radius 3 is 3.08 bits per heavy atom. The van der Waals surface area contributed by atoms with Crippen molar-refractivity contribution in [2.45, 2.75) is 0 Å². The SMILES string of the molecule is CNCC=Cc1c[nH]c(=O)c(O)c1. The van der Waals surface area contributed by atoms with E-state index in [1.54, 1.807) is 6.20 Å². The highest BCUT2D eigenvalue weighted by Crippen LogP contribution is 2.04. The third-order valence-electron chi connectivity index (χ3n) is 1.54. The molecule has 4 nitrogen and oxygen atoms in total. The number of nitrogens with one attached hydrogen (secondary N) is 2. The fourth-order valence-corrected chi connectivity index (χ4v) is 0.897. The van der Waals surface area contributed by atoms with Crippen LogP contribution in [0.25, 0.3) is 6.08 Å². The molecule has 0 saturated heterocycles. The molecule has 0 fully saturated rings. The highest BCUT2D eigenvalue weighted by Gasteiger charge is 1.94. The van der Waals surface area contributed by atoms with Crippen LogP contribution in [-0.2, 0) is 0 Å². The quantitative estimate of drug-likeness (QED) is 0.627. The van der Waals surface area contributed by atoms with Crippen molar-refractivity contribution in [1.82, 2.24) is 10.3 Å². The van der Waals surface area contributed by atoms with Crippen molar-refractivity contribution >= 4 is 6.08 Å². The third-order valence-corrected chi connectivity index (χ3v) is 1.54. The predicted molar refractivity (Wildman–Crippen MR) is 51.7 cm³/mol.